The quantitative estimate of drug-likeness (QED) is 0.0832. The van der Waals surface area contributed by atoms with Crippen molar-refractivity contribution < 1.29 is 14.3 Å². The fourth-order valence-electron chi connectivity index (χ4n) is 4.39. The Hall–Kier alpha value is -2.73. The van der Waals surface area contributed by atoms with Crippen molar-refractivity contribution in [1.29, 1.82) is 0 Å². The molecule has 0 fully saturated rings. The second kappa shape index (κ2) is 17.8. The number of carbonyl (C=O) groups is 1. The number of unbranched alkanes of at least 4 members (excludes halogenated alkanes) is 10. The summed E-state index contributed by atoms with van der Waals surface area (Å²) in [4.78, 5) is 21.8. The second-order valence-corrected chi connectivity index (χ2v) is 11.0. The molecular weight excluding hydrogens is 552 g/mol. The fraction of sp³-hybridized carbons (Fsp3) is 0.485. The molecule has 0 saturated heterocycles. The molecule has 0 bridgehead atoms. The van der Waals surface area contributed by atoms with Crippen molar-refractivity contribution in [1.82, 2.24) is 9.97 Å². The molecule has 0 aliphatic heterocycles. The number of aromatic nitrogens is 2. The Morgan fingerprint density at radius 2 is 1.38 bits per heavy atom. The van der Waals surface area contributed by atoms with Crippen molar-refractivity contribution in [2.45, 2.75) is 97.3 Å². The number of hydrogen-bond donors (Lipinski definition) is 0. The average Bonchev–Trinajstić information content (AvgIpc) is 2.96. The zero-order valence-electron chi connectivity index (χ0n) is 23.6. The lowest BCUT2D eigenvalue weighted by molar-refractivity contribution is 0.0734. The van der Waals surface area contributed by atoms with Crippen LogP contribution in [-0.4, -0.2) is 22.5 Å². The Balaban J connectivity index is 1.44. The molecule has 1 aromatic heterocycles. The maximum atomic E-state index is 12.7. The third-order valence-corrected chi connectivity index (χ3v) is 7.39. The summed E-state index contributed by atoms with van der Waals surface area (Å²) in [6.07, 6.45) is 19.9. The van der Waals surface area contributed by atoms with Crippen LogP contribution in [-0.2, 0) is 6.42 Å². The molecular formula is C33H43BrN2O3. The van der Waals surface area contributed by atoms with Gasteiger partial charge < -0.3 is 9.47 Å². The van der Waals surface area contributed by atoms with Crippen LogP contribution in [0, 0.1) is 0 Å². The number of rotatable bonds is 18. The molecule has 0 radical (unpaired) electrons. The number of hydrogen-bond acceptors (Lipinski definition) is 5. The second-order valence-electron chi connectivity index (χ2n) is 10.1. The summed E-state index contributed by atoms with van der Waals surface area (Å²) in [7, 11) is 0. The number of nitrogens with zero attached hydrogens (tertiary/aromatic N) is 2. The van der Waals surface area contributed by atoms with E-state index in [1.54, 1.807) is 24.3 Å². The number of aryl methyl sites for hydroxylation is 1. The number of ether oxygens (including phenoxy) is 2. The largest absolute Gasteiger partial charge is 0.492 e. The van der Waals surface area contributed by atoms with Crippen LogP contribution >= 0.6 is 15.9 Å². The van der Waals surface area contributed by atoms with E-state index in [2.05, 4.69) is 39.7 Å². The van der Waals surface area contributed by atoms with E-state index in [1.165, 1.54) is 76.2 Å². The third kappa shape index (κ3) is 11.1. The Bertz CT molecular complexity index is 1120. The van der Waals surface area contributed by atoms with E-state index < -0.39 is 5.97 Å². The topological polar surface area (TPSA) is 61.3 Å². The third-order valence-electron chi connectivity index (χ3n) is 6.77. The molecule has 2 aromatic carbocycles. The highest BCUT2D eigenvalue weighted by Crippen LogP contribution is 2.27. The molecule has 0 N–H and O–H groups in total. The maximum absolute atomic E-state index is 12.7. The molecule has 0 spiro atoms. The molecule has 210 valence electrons. The number of carbonyl (C=O) groups excluding carboxylic acids is 1. The lowest BCUT2D eigenvalue weighted by Gasteiger charge is -2.10. The first kappa shape index (κ1) is 30.8. The van der Waals surface area contributed by atoms with E-state index >= 15 is 0 Å². The lowest BCUT2D eigenvalue weighted by Crippen LogP contribution is -2.09. The summed E-state index contributed by atoms with van der Waals surface area (Å²) >= 11 is 3.52. The van der Waals surface area contributed by atoms with Crippen LogP contribution in [0.3, 0.4) is 0 Å². The predicted molar refractivity (Wildman–Crippen MR) is 163 cm³/mol. The highest BCUT2D eigenvalue weighted by molar-refractivity contribution is 9.10. The number of halogens is 1. The van der Waals surface area contributed by atoms with Crippen molar-refractivity contribution in [2.24, 2.45) is 0 Å². The van der Waals surface area contributed by atoms with Gasteiger partial charge >= 0.3 is 5.97 Å². The van der Waals surface area contributed by atoms with Crippen molar-refractivity contribution >= 4 is 21.9 Å². The minimum atomic E-state index is -0.416. The van der Waals surface area contributed by atoms with Gasteiger partial charge in [0.05, 0.1) is 16.6 Å². The molecule has 0 aliphatic carbocycles. The van der Waals surface area contributed by atoms with E-state index in [1.807, 2.05) is 30.6 Å². The van der Waals surface area contributed by atoms with Crippen LogP contribution in [0.1, 0.15) is 107 Å². The van der Waals surface area contributed by atoms with Gasteiger partial charge in [-0.05, 0) is 83.2 Å². The minimum Gasteiger partial charge on any atom is -0.492 e. The van der Waals surface area contributed by atoms with E-state index in [9.17, 15) is 4.79 Å². The van der Waals surface area contributed by atoms with E-state index in [0.717, 1.165) is 28.6 Å². The summed E-state index contributed by atoms with van der Waals surface area (Å²) in [6, 6.07) is 12.6. The van der Waals surface area contributed by atoms with Crippen molar-refractivity contribution in [3.8, 4) is 22.9 Å². The highest BCUT2D eigenvalue weighted by Gasteiger charge is 2.12. The van der Waals surface area contributed by atoms with Crippen LogP contribution in [0.2, 0.25) is 0 Å². The van der Waals surface area contributed by atoms with Gasteiger partial charge in [0.2, 0.25) is 0 Å². The fourth-order valence-corrected chi connectivity index (χ4v) is 4.88. The average molecular weight is 596 g/mol. The maximum Gasteiger partial charge on any atom is 0.343 e. The molecule has 3 aromatic rings. The van der Waals surface area contributed by atoms with Crippen LogP contribution in [0.15, 0.2) is 59.3 Å². The summed E-state index contributed by atoms with van der Waals surface area (Å²) < 4.78 is 12.2. The predicted octanol–water partition coefficient (Wildman–Crippen LogP) is 9.77. The first-order valence-electron chi connectivity index (χ1n) is 14.7. The van der Waals surface area contributed by atoms with Crippen molar-refractivity contribution in [3.63, 3.8) is 0 Å². The van der Waals surface area contributed by atoms with Gasteiger partial charge in [0, 0.05) is 18.0 Å². The van der Waals surface area contributed by atoms with Gasteiger partial charge in [-0.2, -0.15) is 0 Å². The van der Waals surface area contributed by atoms with Gasteiger partial charge in [-0.25, -0.2) is 14.8 Å². The molecule has 0 amide bonds. The highest BCUT2D eigenvalue weighted by atomic mass is 79.9. The van der Waals surface area contributed by atoms with Gasteiger partial charge in [-0.1, -0.05) is 78.1 Å². The molecule has 1 heterocycles. The Morgan fingerprint density at radius 1 is 0.769 bits per heavy atom. The van der Waals surface area contributed by atoms with Gasteiger partial charge in [-0.15, -0.1) is 0 Å². The summed E-state index contributed by atoms with van der Waals surface area (Å²) in [6.45, 7) is 5.13. The molecule has 5 nitrogen and oxygen atoms in total. The lowest BCUT2D eigenvalue weighted by atomic mass is 10.1. The zero-order valence-corrected chi connectivity index (χ0v) is 25.2. The van der Waals surface area contributed by atoms with Gasteiger partial charge in [0.1, 0.15) is 11.5 Å². The molecule has 0 aliphatic rings. The summed E-state index contributed by atoms with van der Waals surface area (Å²) in [5, 5.41) is 0. The molecule has 39 heavy (non-hydrogen) atoms. The summed E-state index contributed by atoms with van der Waals surface area (Å²) in [5.41, 5.74) is 2.52. The van der Waals surface area contributed by atoms with E-state index in [0.29, 0.717) is 23.7 Å². The Morgan fingerprint density at radius 3 is 2.03 bits per heavy atom. The zero-order chi connectivity index (χ0) is 27.7. The molecule has 0 saturated carbocycles. The molecule has 6 heteroatoms. The van der Waals surface area contributed by atoms with E-state index in [-0.39, 0.29) is 0 Å². The SMILES string of the molecule is CCCCCCCCCc1cnc(-c2ccc(OC(=O)c3ccc(OCCCCCCC)c(Br)c3)cc2)nc1. The normalized spacial score (nSPS) is 10.9. The first-order valence-corrected chi connectivity index (χ1v) is 15.5. The molecule has 3 rings (SSSR count). The van der Waals surface area contributed by atoms with E-state index in [4.69, 9.17) is 9.47 Å². The Labute approximate surface area is 242 Å². The van der Waals surface area contributed by atoms with Gasteiger partial charge in [0.25, 0.3) is 0 Å². The van der Waals surface area contributed by atoms with Crippen LogP contribution in [0.5, 0.6) is 11.5 Å². The number of benzene rings is 2. The van der Waals surface area contributed by atoms with Gasteiger partial charge in [0.15, 0.2) is 5.82 Å². The standard InChI is InChI=1S/C33H43BrN2O3/c1-3-5-7-9-10-11-13-15-26-24-35-32(36-25-26)27-16-19-29(20-17-27)39-33(37)28-18-21-31(30(34)23-28)38-22-14-12-8-6-4-2/h16-21,23-25H,3-15,22H2,1-2H3. The van der Waals surface area contributed by atoms with Crippen molar-refractivity contribution in [3.05, 3.63) is 70.5 Å². The Kier molecular flexibility index (Phi) is 14.0. The van der Waals surface area contributed by atoms with Crippen LogP contribution in [0.25, 0.3) is 11.4 Å². The number of esters is 1. The first-order chi connectivity index (χ1) is 19.1. The molecule has 0 atom stereocenters. The minimum absolute atomic E-state index is 0.416. The van der Waals surface area contributed by atoms with Gasteiger partial charge in [-0.3, -0.25) is 0 Å². The molecule has 0 unspecified atom stereocenters. The monoisotopic (exact) mass is 594 g/mol. The van der Waals surface area contributed by atoms with Crippen LogP contribution < -0.4 is 9.47 Å². The summed E-state index contributed by atoms with van der Waals surface area (Å²) in [5.74, 6) is 1.46. The smallest absolute Gasteiger partial charge is 0.343 e. The van der Waals surface area contributed by atoms with Crippen molar-refractivity contribution in [2.75, 3.05) is 6.61 Å². The van der Waals surface area contributed by atoms with Crippen LogP contribution in [0.4, 0.5) is 0 Å².